The molecule has 4 nitrogen and oxygen atoms in total. The first-order chi connectivity index (χ1) is 11.2. The fourth-order valence-electron chi connectivity index (χ4n) is 4.10. The number of hydrogen-bond acceptors (Lipinski definition) is 3. The van der Waals surface area contributed by atoms with Crippen LogP contribution in [0.5, 0.6) is 5.75 Å². The predicted octanol–water partition coefficient (Wildman–Crippen LogP) is 3.11. The third kappa shape index (κ3) is 2.12. The van der Waals surface area contributed by atoms with Crippen LogP contribution in [0, 0.1) is 6.92 Å². The monoisotopic (exact) mass is 312 g/mol. The Hall–Kier alpha value is -1.78. The largest absolute Gasteiger partial charge is 0.497 e. The van der Waals surface area contributed by atoms with E-state index in [0.29, 0.717) is 6.04 Å². The van der Waals surface area contributed by atoms with E-state index in [9.17, 15) is 0 Å². The Morgan fingerprint density at radius 3 is 2.43 bits per heavy atom. The molecule has 1 saturated heterocycles. The zero-order valence-corrected chi connectivity index (χ0v) is 14.1. The highest BCUT2D eigenvalue weighted by atomic mass is 16.5. The van der Waals surface area contributed by atoms with E-state index in [-0.39, 0.29) is 5.54 Å². The van der Waals surface area contributed by atoms with Gasteiger partial charge in [0, 0.05) is 30.5 Å². The van der Waals surface area contributed by atoms with Crippen molar-refractivity contribution in [2.45, 2.75) is 32.0 Å². The number of hydrogen-bond donors (Lipinski definition) is 0. The topological polar surface area (TPSA) is 26.6 Å². The van der Waals surface area contributed by atoms with Crippen LogP contribution in [0.3, 0.4) is 0 Å². The minimum atomic E-state index is -0.00485. The van der Waals surface area contributed by atoms with Crippen molar-refractivity contribution >= 4 is 0 Å². The molecule has 3 heterocycles. The maximum Gasteiger partial charge on any atom is 0.118 e. The van der Waals surface area contributed by atoms with Gasteiger partial charge in [0.05, 0.1) is 25.9 Å². The highest BCUT2D eigenvalue weighted by Crippen LogP contribution is 2.43. The van der Waals surface area contributed by atoms with Crippen molar-refractivity contribution in [1.29, 1.82) is 0 Å². The molecule has 1 aromatic heterocycles. The standard InChI is InChI=1S/C19H24N2O2/c1-14-4-9-18-15(2)21(11-10-20(14)18)19(12-23-13-19)16-5-7-17(22-3)8-6-16/h4-9,15H,10-13H2,1-3H3/t15-/m0/s1. The summed E-state index contributed by atoms with van der Waals surface area (Å²) in [5.41, 5.74) is 4.09. The summed E-state index contributed by atoms with van der Waals surface area (Å²) in [6.07, 6.45) is 0. The van der Waals surface area contributed by atoms with Crippen LogP contribution < -0.4 is 4.74 Å². The Bertz CT molecular complexity index is 701. The summed E-state index contributed by atoms with van der Waals surface area (Å²) >= 11 is 0. The molecule has 0 N–H and O–H groups in total. The van der Waals surface area contributed by atoms with E-state index < -0.39 is 0 Å². The summed E-state index contributed by atoms with van der Waals surface area (Å²) in [5, 5.41) is 0. The lowest BCUT2D eigenvalue weighted by Crippen LogP contribution is -2.61. The average Bonchev–Trinajstić information content (AvgIpc) is 2.91. The first kappa shape index (κ1) is 14.8. The zero-order valence-electron chi connectivity index (χ0n) is 14.1. The Morgan fingerprint density at radius 2 is 1.83 bits per heavy atom. The molecule has 1 aromatic carbocycles. The van der Waals surface area contributed by atoms with Crippen LogP contribution >= 0.6 is 0 Å². The Morgan fingerprint density at radius 1 is 1.09 bits per heavy atom. The number of methoxy groups -OCH3 is 1. The minimum Gasteiger partial charge on any atom is -0.497 e. The van der Waals surface area contributed by atoms with Gasteiger partial charge in [0.2, 0.25) is 0 Å². The predicted molar refractivity (Wildman–Crippen MR) is 89.8 cm³/mol. The molecule has 122 valence electrons. The maximum absolute atomic E-state index is 5.66. The van der Waals surface area contributed by atoms with E-state index in [1.807, 2.05) is 0 Å². The average molecular weight is 312 g/mol. The zero-order chi connectivity index (χ0) is 16.0. The summed E-state index contributed by atoms with van der Waals surface area (Å²) in [6.45, 7) is 8.15. The van der Waals surface area contributed by atoms with Crippen molar-refractivity contribution in [3.63, 3.8) is 0 Å². The van der Waals surface area contributed by atoms with Gasteiger partial charge < -0.3 is 14.0 Å². The number of aromatic nitrogens is 1. The number of aryl methyl sites for hydroxylation is 1. The van der Waals surface area contributed by atoms with E-state index in [0.717, 1.165) is 32.1 Å². The van der Waals surface area contributed by atoms with Gasteiger partial charge in [-0.15, -0.1) is 0 Å². The van der Waals surface area contributed by atoms with Crippen LogP contribution in [0.4, 0.5) is 0 Å². The van der Waals surface area contributed by atoms with Gasteiger partial charge in [-0.05, 0) is 43.7 Å². The lowest BCUT2D eigenvalue weighted by Gasteiger charge is -2.54. The van der Waals surface area contributed by atoms with Crippen LogP contribution in [0.1, 0.15) is 29.9 Å². The Balaban J connectivity index is 1.69. The number of ether oxygens (including phenoxy) is 2. The van der Waals surface area contributed by atoms with Crippen molar-refractivity contribution in [3.05, 3.63) is 53.3 Å². The molecular weight excluding hydrogens is 288 g/mol. The van der Waals surface area contributed by atoms with Crippen LogP contribution in [0.25, 0.3) is 0 Å². The van der Waals surface area contributed by atoms with E-state index in [2.05, 4.69) is 59.7 Å². The summed E-state index contributed by atoms with van der Waals surface area (Å²) in [7, 11) is 1.71. The van der Waals surface area contributed by atoms with E-state index >= 15 is 0 Å². The lowest BCUT2D eigenvalue weighted by molar-refractivity contribution is -0.164. The lowest BCUT2D eigenvalue weighted by atomic mass is 9.84. The molecule has 4 heteroatoms. The second-order valence-corrected chi connectivity index (χ2v) is 6.67. The van der Waals surface area contributed by atoms with Crippen molar-refractivity contribution in [2.24, 2.45) is 0 Å². The smallest absolute Gasteiger partial charge is 0.118 e. The van der Waals surface area contributed by atoms with Crippen molar-refractivity contribution in [2.75, 3.05) is 26.9 Å². The molecule has 2 aromatic rings. The highest BCUT2D eigenvalue weighted by Gasteiger charge is 2.48. The summed E-state index contributed by atoms with van der Waals surface area (Å²) in [5.74, 6) is 0.903. The van der Waals surface area contributed by atoms with Crippen LogP contribution in [-0.4, -0.2) is 36.3 Å². The molecule has 0 unspecified atom stereocenters. The Kier molecular flexibility index (Phi) is 3.47. The first-order valence-corrected chi connectivity index (χ1v) is 8.31. The number of nitrogens with zero attached hydrogens (tertiary/aromatic N) is 2. The first-order valence-electron chi connectivity index (χ1n) is 8.31. The molecule has 0 bridgehead atoms. The summed E-state index contributed by atoms with van der Waals surface area (Å²) in [6, 6.07) is 13.4. The van der Waals surface area contributed by atoms with Gasteiger partial charge in [0.1, 0.15) is 5.75 Å². The molecule has 0 aliphatic carbocycles. The van der Waals surface area contributed by atoms with E-state index in [1.54, 1.807) is 7.11 Å². The van der Waals surface area contributed by atoms with Gasteiger partial charge in [-0.1, -0.05) is 12.1 Å². The van der Waals surface area contributed by atoms with E-state index in [1.165, 1.54) is 17.0 Å². The fourth-order valence-corrected chi connectivity index (χ4v) is 4.10. The molecule has 1 fully saturated rings. The molecular formula is C19H24N2O2. The third-order valence-electron chi connectivity index (χ3n) is 5.55. The third-order valence-corrected chi connectivity index (χ3v) is 5.55. The minimum absolute atomic E-state index is 0.00485. The summed E-state index contributed by atoms with van der Waals surface area (Å²) in [4.78, 5) is 2.62. The molecule has 2 aliphatic rings. The second kappa shape index (κ2) is 5.39. The molecule has 0 amide bonds. The van der Waals surface area contributed by atoms with Gasteiger partial charge >= 0.3 is 0 Å². The van der Waals surface area contributed by atoms with Crippen molar-refractivity contribution in [1.82, 2.24) is 9.47 Å². The van der Waals surface area contributed by atoms with Crippen molar-refractivity contribution < 1.29 is 9.47 Å². The SMILES string of the molecule is COc1ccc(C2(N3CCn4c(C)ccc4[C@@H]3C)COC2)cc1. The number of benzene rings is 1. The quantitative estimate of drug-likeness (QED) is 0.871. The molecule has 23 heavy (non-hydrogen) atoms. The normalized spacial score (nSPS) is 23.2. The molecule has 1 atom stereocenters. The van der Waals surface area contributed by atoms with Gasteiger partial charge in [0.25, 0.3) is 0 Å². The van der Waals surface area contributed by atoms with Crippen LogP contribution in [-0.2, 0) is 16.8 Å². The Labute approximate surface area is 137 Å². The second-order valence-electron chi connectivity index (χ2n) is 6.67. The molecule has 0 radical (unpaired) electrons. The van der Waals surface area contributed by atoms with Gasteiger partial charge in [-0.2, -0.15) is 0 Å². The number of rotatable bonds is 3. The van der Waals surface area contributed by atoms with Crippen molar-refractivity contribution in [3.8, 4) is 5.75 Å². The fraction of sp³-hybridized carbons (Fsp3) is 0.474. The van der Waals surface area contributed by atoms with E-state index in [4.69, 9.17) is 9.47 Å². The van der Waals surface area contributed by atoms with Crippen LogP contribution in [0.2, 0.25) is 0 Å². The summed E-state index contributed by atoms with van der Waals surface area (Å²) < 4.78 is 13.4. The maximum atomic E-state index is 5.66. The molecule has 0 spiro atoms. The van der Waals surface area contributed by atoms with Gasteiger partial charge in [0.15, 0.2) is 0 Å². The molecule has 0 saturated carbocycles. The number of fused-ring (bicyclic) bond motifs is 1. The molecule has 4 rings (SSSR count). The molecule has 2 aliphatic heterocycles. The van der Waals surface area contributed by atoms with Gasteiger partial charge in [-0.25, -0.2) is 0 Å². The van der Waals surface area contributed by atoms with Crippen LogP contribution in [0.15, 0.2) is 36.4 Å². The van der Waals surface area contributed by atoms with Gasteiger partial charge in [-0.3, -0.25) is 4.90 Å². The highest BCUT2D eigenvalue weighted by molar-refractivity contribution is 5.34.